The van der Waals surface area contributed by atoms with E-state index >= 15 is 0 Å². The van der Waals surface area contributed by atoms with E-state index in [4.69, 9.17) is 9.94 Å². The predicted octanol–water partition coefficient (Wildman–Crippen LogP) is 2.25. The molecule has 20 heavy (non-hydrogen) atoms. The molecule has 0 unspecified atom stereocenters. The minimum absolute atomic E-state index is 0.0745. The highest BCUT2D eigenvalue weighted by Gasteiger charge is 2.13. The Balaban J connectivity index is 2.00. The number of benzene rings is 2. The number of hydrogen-bond donors (Lipinski definition) is 1. The van der Waals surface area contributed by atoms with Crippen LogP contribution < -0.4 is 0 Å². The molecule has 104 valence electrons. The number of nitrogens with zero attached hydrogens (tertiary/aromatic N) is 1. The Kier molecular flexibility index (Phi) is 5.29. The quantitative estimate of drug-likeness (QED) is 0.819. The lowest BCUT2D eigenvalue weighted by Gasteiger charge is -2.20. The zero-order chi connectivity index (χ0) is 14.2. The van der Waals surface area contributed by atoms with Gasteiger partial charge in [-0.1, -0.05) is 48.5 Å². The Morgan fingerprint density at radius 2 is 1.60 bits per heavy atom. The van der Waals surface area contributed by atoms with Crippen LogP contribution in [-0.4, -0.2) is 29.3 Å². The monoisotopic (exact) mass is 271 g/mol. The average Bonchev–Trinajstić information content (AvgIpc) is 2.49. The van der Waals surface area contributed by atoms with Crippen LogP contribution in [-0.2, 0) is 11.4 Å². The van der Waals surface area contributed by atoms with Crippen molar-refractivity contribution in [3.8, 4) is 0 Å². The maximum Gasteiger partial charge on any atom is 0.357 e. The molecule has 4 nitrogen and oxygen atoms in total. The van der Waals surface area contributed by atoms with E-state index in [1.54, 1.807) is 24.3 Å². The van der Waals surface area contributed by atoms with Gasteiger partial charge < -0.3 is 9.94 Å². The summed E-state index contributed by atoms with van der Waals surface area (Å²) in [4.78, 5) is 17.3. The van der Waals surface area contributed by atoms with E-state index in [-0.39, 0.29) is 13.2 Å². The van der Waals surface area contributed by atoms with Gasteiger partial charge in [0.1, 0.15) is 0 Å². The number of carbonyl (C=O) groups is 1. The zero-order valence-corrected chi connectivity index (χ0v) is 11.1. The average molecular weight is 271 g/mol. The van der Waals surface area contributed by atoms with Crippen molar-refractivity contribution in [2.75, 3.05) is 13.2 Å². The molecule has 0 saturated heterocycles. The lowest BCUT2D eigenvalue weighted by Crippen LogP contribution is -2.29. The van der Waals surface area contributed by atoms with Crippen LogP contribution in [0.5, 0.6) is 0 Å². The summed E-state index contributed by atoms with van der Waals surface area (Å²) in [7, 11) is 0. The topological polar surface area (TPSA) is 49.8 Å². The molecular formula is C16H17NO3. The molecular weight excluding hydrogens is 254 g/mol. The van der Waals surface area contributed by atoms with Crippen molar-refractivity contribution in [3.05, 3.63) is 71.8 Å². The fourth-order valence-corrected chi connectivity index (χ4v) is 1.80. The molecule has 2 rings (SSSR count). The third-order valence-corrected chi connectivity index (χ3v) is 2.77. The summed E-state index contributed by atoms with van der Waals surface area (Å²) in [6.45, 7) is 0.641. The molecule has 0 atom stereocenters. The first kappa shape index (κ1) is 14.2. The minimum Gasteiger partial charge on any atom is -0.395 e. The molecule has 2 aromatic carbocycles. The number of aliphatic hydroxyl groups is 1. The van der Waals surface area contributed by atoms with Crippen molar-refractivity contribution in [3.63, 3.8) is 0 Å². The first-order valence-electron chi connectivity index (χ1n) is 6.46. The van der Waals surface area contributed by atoms with Crippen LogP contribution in [0.2, 0.25) is 0 Å². The first-order chi connectivity index (χ1) is 9.79. The van der Waals surface area contributed by atoms with Gasteiger partial charge in [0.05, 0.1) is 25.3 Å². The second kappa shape index (κ2) is 7.43. The summed E-state index contributed by atoms with van der Waals surface area (Å²) in [6, 6.07) is 18.5. The van der Waals surface area contributed by atoms with Gasteiger partial charge >= 0.3 is 5.97 Å². The van der Waals surface area contributed by atoms with Crippen LogP contribution in [0, 0.1) is 0 Å². The van der Waals surface area contributed by atoms with Crippen molar-refractivity contribution >= 4 is 5.97 Å². The largest absolute Gasteiger partial charge is 0.395 e. The third-order valence-electron chi connectivity index (χ3n) is 2.77. The van der Waals surface area contributed by atoms with Crippen LogP contribution >= 0.6 is 0 Å². The van der Waals surface area contributed by atoms with Gasteiger partial charge in [-0.15, -0.1) is 5.06 Å². The maximum absolute atomic E-state index is 12.0. The number of rotatable bonds is 6. The van der Waals surface area contributed by atoms with Crippen molar-refractivity contribution < 1.29 is 14.7 Å². The zero-order valence-electron chi connectivity index (χ0n) is 11.1. The van der Waals surface area contributed by atoms with Crippen molar-refractivity contribution in [2.45, 2.75) is 6.54 Å². The van der Waals surface area contributed by atoms with Gasteiger partial charge in [0.15, 0.2) is 0 Å². The fourth-order valence-electron chi connectivity index (χ4n) is 1.80. The SMILES string of the molecule is O=C(ON(CCO)Cc1ccccc1)c1ccccc1. The van der Waals surface area contributed by atoms with Crippen molar-refractivity contribution in [1.29, 1.82) is 0 Å². The smallest absolute Gasteiger partial charge is 0.357 e. The molecule has 0 aromatic heterocycles. The molecule has 2 aromatic rings. The second-order valence-corrected chi connectivity index (χ2v) is 4.32. The molecule has 0 bridgehead atoms. The molecule has 0 aliphatic carbocycles. The molecule has 4 heteroatoms. The molecule has 0 saturated carbocycles. The Hall–Kier alpha value is -2.17. The van der Waals surface area contributed by atoms with E-state index in [1.165, 1.54) is 5.06 Å². The normalized spacial score (nSPS) is 10.5. The number of aliphatic hydroxyl groups excluding tert-OH is 1. The highest BCUT2D eigenvalue weighted by Crippen LogP contribution is 2.08. The summed E-state index contributed by atoms with van der Waals surface area (Å²) in [5.74, 6) is -0.421. The Morgan fingerprint density at radius 3 is 2.20 bits per heavy atom. The van der Waals surface area contributed by atoms with E-state index in [9.17, 15) is 4.79 Å². The maximum atomic E-state index is 12.0. The molecule has 0 spiro atoms. The molecule has 0 heterocycles. The molecule has 0 aliphatic heterocycles. The van der Waals surface area contributed by atoms with Gasteiger partial charge in [-0.25, -0.2) is 4.79 Å². The molecule has 0 radical (unpaired) electrons. The van der Waals surface area contributed by atoms with Gasteiger partial charge in [-0.2, -0.15) is 0 Å². The fraction of sp³-hybridized carbons (Fsp3) is 0.188. The van der Waals surface area contributed by atoms with E-state index in [0.29, 0.717) is 12.1 Å². The summed E-state index contributed by atoms with van der Waals surface area (Å²) in [6.07, 6.45) is 0. The van der Waals surface area contributed by atoms with Gasteiger partial charge in [0, 0.05) is 0 Å². The molecule has 1 N–H and O–H groups in total. The molecule has 0 fully saturated rings. The highest BCUT2D eigenvalue weighted by molar-refractivity contribution is 5.89. The van der Waals surface area contributed by atoms with Crippen molar-refractivity contribution in [1.82, 2.24) is 5.06 Å². The summed E-state index contributed by atoms with van der Waals surface area (Å²) in [5, 5.41) is 10.5. The summed E-state index contributed by atoms with van der Waals surface area (Å²) < 4.78 is 0. The van der Waals surface area contributed by atoms with Gasteiger partial charge in [-0.3, -0.25) is 0 Å². The Morgan fingerprint density at radius 1 is 1.00 bits per heavy atom. The highest BCUT2D eigenvalue weighted by atomic mass is 16.7. The molecule has 0 amide bonds. The van der Waals surface area contributed by atoms with Gasteiger partial charge in [-0.05, 0) is 17.7 Å². The lowest BCUT2D eigenvalue weighted by atomic mass is 10.2. The van der Waals surface area contributed by atoms with E-state index in [2.05, 4.69) is 0 Å². The molecule has 0 aliphatic rings. The standard InChI is InChI=1S/C16H17NO3/c18-12-11-17(13-14-7-3-1-4-8-14)20-16(19)15-9-5-2-6-10-15/h1-10,18H,11-13H2. The number of hydroxylamine groups is 2. The summed E-state index contributed by atoms with van der Waals surface area (Å²) >= 11 is 0. The first-order valence-corrected chi connectivity index (χ1v) is 6.46. The lowest BCUT2D eigenvalue weighted by molar-refractivity contribution is -0.122. The number of carbonyl (C=O) groups excluding carboxylic acids is 1. The van der Waals surface area contributed by atoms with Crippen LogP contribution in [0.3, 0.4) is 0 Å². The third kappa shape index (κ3) is 4.19. The van der Waals surface area contributed by atoms with E-state index in [1.807, 2.05) is 36.4 Å². The van der Waals surface area contributed by atoms with Crippen LogP contribution in [0.15, 0.2) is 60.7 Å². The van der Waals surface area contributed by atoms with Crippen molar-refractivity contribution in [2.24, 2.45) is 0 Å². The van der Waals surface area contributed by atoms with Crippen LogP contribution in [0.1, 0.15) is 15.9 Å². The predicted molar refractivity (Wildman–Crippen MR) is 75.8 cm³/mol. The van der Waals surface area contributed by atoms with Gasteiger partial charge in [0.25, 0.3) is 0 Å². The Bertz CT molecular complexity index is 528. The van der Waals surface area contributed by atoms with E-state index in [0.717, 1.165) is 5.56 Å². The summed E-state index contributed by atoms with van der Waals surface area (Å²) in [5.41, 5.74) is 1.50. The van der Waals surface area contributed by atoms with Crippen LogP contribution in [0.4, 0.5) is 0 Å². The van der Waals surface area contributed by atoms with E-state index < -0.39 is 5.97 Å². The van der Waals surface area contributed by atoms with Crippen LogP contribution in [0.25, 0.3) is 0 Å². The van der Waals surface area contributed by atoms with Gasteiger partial charge in [0.2, 0.25) is 0 Å². The Labute approximate surface area is 118 Å². The number of hydrogen-bond acceptors (Lipinski definition) is 4. The second-order valence-electron chi connectivity index (χ2n) is 4.32. The minimum atomic E-state index is -0.421.